The zero-order valence-corrected chi connectivity index (χ0v) is 10.7. The number of nitrogens with two attached hydrogens (primary N) is 1. The van der Waals surface area contributed by atoms with Crippen molar-refractivity contribution in [1.82, 2.24) is 9.97 Å². The normalized spacial score (nSPS) is 12.7. The Morgan fingerprint density at radius 3 is 2.88 bits per heavy atom. The minimum atomic E-state index is -0.802. The topological polar surface area (TPSA) is 72.0 Å². The van der Waals surface area contributed by atoms with E-state index in [1.54, 1.807) is 17.5 Å². The van der Waals surface area contributed by atoms with E-state index in [9.17, 15) is 5.11 Å². The van der Waals surface area contributed by atoms with Crippen molar-refractivity contribution in [1.29, 1.82) is 0 Å². The fourth-order valence-corrected chi connectivity index (χ4v) is 2.58. The second kappa shape index (κ2) is 5.01. The van der Waals surface area contributed by atoms with Gasteiger partial charge in [-0.1, -0.05) is 0 Å². The minimum Gasteiger partial charge on any atom is -0.384 e. The first-order valence-corrected chi connectivity index (χ1v) is 6.28. The Kier molecular flexibility index (Phi) is 3.65. The van der Waals surface area contributed by atoms with Crippen LogP contribution in [0.2, 0.25) is 0 Å². The first kappa shape index (κ1) is 11.7. The van der Waals surface area contributed by atoms with Gasteiger partial charge in [0, 0.05) is 12.7 Å². The second-order valence-electron chi connectivity index (χ2n) is 3.16. The van der Waals surface area contributed by atoms with Crippen LogP contribution in [0.3, 0.4) is 0 Å². The van der Waals surface area contributed by atoms with Crippen LogP contribution in [0.25, 0.3) is 10.6 Å². The Hall–Kier alpha value is -0.820. The molecule has 0 bridgehead atoms. The molecule has 4 nitrogen and oxygen atoms in total. The summed E-state index contributed by atoms with van der Waals surface area (Å²) in [6.45, 7) is 0.123. The summed E-state index contributed by atoms with van der Waals surface area (Å²) < 4.78 is 1.04. The van der Waals surface area contributed by atoms with E-state index in [2.05, 4.69) is 25.9 Å². The summed E-state index contributed by atoms with van der Waals surface area (Å²) in [5.74, 6) is 0.365. The van der Waals surface area contributed by atoms with Crippen LogP contribution in [0.15, 0.2) is 28.2 Å². The van der Waals surface area contributed by atoms with Gasteiger partial charge in [0.05, 0.1) is 14.4 Å². The summed E-state index contributed by atoms with van der Waals surface area (Å²) in [4.78, 5) is 9.30. The molecule has 0 saturated heterocycles. The third kappa shape index (κ3) is 2.46. The van der Waals surface area contributed by atoms with E-state index in [4.69, 9.17) is 5.73 Å². The summed E-state index contributed by atoms with van der Waals surface area (Å²) in [7, 11) is 0. The lowest BCUT2D eigenvalue weighted by atomic mass is 10.3. The molecule has 16 heavy (non-hydrogen) atoms. The number of aromatic nitrogens is 2. The van der Waals surface area contributed by atoms with E-state index >= 15 is 0 Å². The highest BCUT2D eigenvalue weighted by molar-refractivity contribution is 9.11. The van der Waals surface area contributed by atoms with Gasteiger partial charge in [-0.15, -0.1) is 11.3 Å². The standard InChI is InChI=1S/C10H10BrN3OS/c11-9-2-1-8(16-9)6-3-4-13-10(14-6)7(15)5-12/h1-4,7,15H,5,12H2. The third-order valence-electron chi connectivity index (χ3n) is 2.02. The molecule has 3 N–H and O–H groups in total. The number of aliphatic hydroxyl groups excluding tert-OH is 1. The summed E-state index contributed by atoms with van der Waals surface area (Å²) in [6, 6.07) is 5.74. The molecule has 2 heterocycles. The van der Waals surface area contributed by atoms with Crippen molar-refractivity contribution in [3.05, 3.63) is 34.0 Å². The van der Waals surface area contributed by atoms with E-state index in [0.717, 1.165) is 14.4 Å². The second-order valence-corrected chi connectivity index (χ2v) is 5.62. The van der Waals surface area contributed by atoms with Gasteiger partial charge in [-0.25, -0.2) is 9.97 Å². The molecule has 0 aliphatic carbocycles. The molecule has 0 fully saturated rings. The van der Waals surface area contributed by atoms with Gasteiger partial charge in [-0.05, 0) is 34.1 Å². The van der Waals surface area contributed by atoms with E-state index in [0.29, 0.717) is 5.82 Å². The van der Waals surface area contributed by atoms with Crippen LogP contribution in [0.1, 0.15) is 11.9 Å². The molecule has 0 aliphatic heterocycles. The molecule has 84 valence electrons. The van der Waals surface area contributed by atoms with Gasteiger partial charge >= 0.3 is 0 Å². The van der Waals surface area contributed by atoms with Crippen molar-refractivity contribution in [2.75, 3.05) is 6.54 Å². The Balaban J connectivity index is 2.36. The zero-order valence-electron chi connectivity index (χ0n) is 8.30. The van der Waals surface area contributed by atoms with Gasteiger partial charge < -0.3 is 10.8 Å². The van der Waals surface area contributed by atoms with Crippen molar-refractivity contribution in [2.24, 2.45) is 5.73 Å². The first-order chi connectivity index (χ1) is 7.70. The molecule has 2 aromatic heterocycles. The van der Waals surface area contributed by atoms with Crippen LogP contribution in [0, 0.1) is 0 Å². The number of rotatable bonds is 3. The monoisotopic (exact) mass is 299 g/mol. The highest BCUT2D eigenvalue weighted by atomic mass is 79.9. The SMILES string of the molecule is NCC(O)c1nccc(-c2ccc(Br)s2)n1. The van der Waals surface area contributed by atoms with Crippen LogP contribution >= 0.6 is 27.3 Å². The number of nitrogens with zero attached hydrogens (tertiary/aromatic N) is 2. The quantitative estimate of drug-likeness (QED) is 0.909. The lowest BCUT2D eigenvalue weighted by Gasteiger charge is -2.06. The van der Waals surface area contributed by atoms with Crippen molar-refractivity contribution in [3.63, 3.8) is 0 Å². The maximum Gasteiger partial charge on any atom is 0.158 e. The van der Waals surface area contributed by atoms with Gasteiger partial charge in [0.15, 0.2) is 5.82 Å². The smallest absolute Gasteiger partial charge is 0.158 e. The summed E-state index contributed by atoms with van der Waals surface area (Å²) in [5, 5.41) is 9.55. The molecule has 0 saturated carbocycles. The van der Waals surface area contributed by atoms with Crippen molar-refractivity contribution < 1.29 is 5.11 Å². The lowest BCUT2D eigenvalue weighted by molar-refractivity contribution is 0.176. The molecular formula is C10H10BrN3OS. The van der Waals surface area contributed by atoms with Crippen LogP contribution in [-0.4, -0.2) is 21.6 Å². The van der Waals surface area contributed by atoms with Gasteiger partial charge in [-0.2, -0.15) is 0 Å². The highest BCUT2D eigenvalue weighted by Gasteiger charge is 2.10. The largest absolute Gasteiger partial charge is 0.384 e. The summed E-state index contributed by atoms with van der Waals surface area (Å²) in [5.41, 5.74) is 6.16. The number of hydrogen-bond donors (Lipinski definition) is 2. The van der Waals surface area contributed by atoms with E-state index in [1.165, 1.54) is 0 Å². The van der Waals surface area contributed by atoms with Crippen molar-refractivity contribution >= 4 is 27.3 Å². The van der Waals surface area contributed by atoms with Gasteiger partial charge in [0.25, 0.3) is 0 Å². The highest BCUT2D eigenvalue weighted by Crippen LogP contribution is 2.30. The van der Waals surface area contributed by atoms with Crippen LogP contribution < -0.4 is 5.73 Å². The van der Waals surface area contributed by atoms with E-state index in [-0.39, 0.29) is 6.54 Å². The molecule has 0 aromatic carbocycles. The predicted molar refractivity (Wildman–Crippen MR) is 67.1 cm³/mol. The number of halogens is 1. The lowest BCUT2D eigenvalue weighted by Crippen LogP contribution is -2.14. The molecule has 2 aromatic rings. The van der Waals surface area contributed by atoms with Crippen LogP contribution in [0.4, 0.5) is 0 Å². The number of hydrogen-bond acceptors (Lipinski definition) is 5. The zero-order chi connectivity index (χ0) is 11.5. The van der Waals surface area contributed by atoms with Crippen molar-refractivity contribution in [3.8, 4) is 10.6 Å². The molecule has 6 heteroatoms. The minimum absolute atomic E-state index is 0.123. The molecule has 0 radical (unpaired) electrons. The van der Waals surface area contributed by atoms with Gasteiger partial charge in [0.1, 0.15) is 6.10 Å². The van der Waals surface area contributed by atoms with E-state index < -0.39 is 6.10 Å². The average molecular weight is 300 g/mol. The maximum absolute atomic E-state index is 9.55. The average Bonchev–Trinajstić information content (AvgIpc) is 2.75. The molecule has 0 aliphatic rings. The number of thiophene rings is 1. The summed E-state index contributed by atoms with van der Waals surface area (Å²) in [6.07, 6.45) is 0.827. The van der Waals surface area contributed by atoms with Crippen LogP contribution in [0.5, 0.6) is 0 Å². The van der Waals surface area contributed by atoms with Crippen LogP contribution in [-0.2, 0) is 0 Å². The predicted octanol–water partition coefficient (Wildman–Crippen LogP) is 1.96. The van der Waals surface area contributed by atoms with Gasteiger partial charge in [0.2, 0.25) is 0 Å². The number of aliphatic hydroxyl groups is 1. The Bertz CT molecular complexity index is 488. The third-order valence-corrected chi connectivity index (χ3v) is 3.67. The fourth-order valence-electron chi connectivity index (χ4n) is 1.23. The van der Waals surface area contributed by atoms with Gasteiger partial charge in [-0.3, -0.25) is 0 Å². The molecule has 0 amide bonds. The molecular weight excluding hydrogens is 290 g/mol. The van der Waals surface area contributed by atoms with E-state index in [1.807, 2.05) is 18.2 Å². The molecule has 2 rings (SSSR count). The Morgan fingerprint density at radius 1 is 1.44 bits per heavy atom. The Labute approximate surface area is 105 Å². The first-order valence-electron chi connectivity index (χ1n) is 4.67. The summed E-state index contributed by atoms with van der Waals surface area (Å²) >= 11 is 4.98. The fraction of sp³-hybridized carbons (Fsp3) is 0.200. The molecule has 1 unspecified atom stereocenters. The maximum atomic E-state index is 9.55. The molecule has 1 atom stereocenters. The molecule has 0 spiro atoms. The Morgan fingerprint density at radius 2 is 2.25 bits per heavy atom. The van der Waals surface area contributed by atoms with Crippen molar-refractivity contribution in [2.45, 2.75) is 6.10 Å².